The second-order valence-corrected chi connectivity index (χ2v) is 2.67. The molecule has 0 aliphatic heterocycles. The number of methoxy groups -OCH3 is 1. The molecule has 0 heterocycles. The number of halogens is 1. The maximum Gasteiger partial charge on any atom is 0.352 e. The van der Waals surface area contributed by atoms with E-state index in [1.807, 2.05) is 0 Å². The van der Waals surface area contributed by atoms with Crippen LogP contribution in [-0.4, -0.2) is 17.1 Å². The van der Waals surface area contributed by atoms with Crippen molar-refractivity contribution in [1.82, 2.24) is 0 Å². The zero-order valence-corrected chi connectivity index (χ0v) is 7.41. The minimum absolute atomic E-state index is 0.0602. The molecule has 0 saturated heterocycles. The van der Waals surface area contributed by atoms with Crippen molar-refractivity contribution in [2.45, 2.75) is 0 Å². The van der Waals surface area contributed by atoms with Crippen LogP contribution >= 0.6 is 11.6 Å². The maximum atomic E-state index is 10.4. The van der Waals surface area contributed by atoms with E-state index in [1.54, 1.807) is 0 Å². The van der Waals surface area contributed by atoms with Crippen molar-refractivity contribution in [3.05, 3.63) is 27.3 Å². The third-order valence-corrected chi connectivity index (χ3v) is 1.64. The standard InChI is InChI=1S/C7H6ClNO4/c1-13-6-3-4(8)2-5(10)7(6)9(11)12/h2-3,10H,1H3. The fraction of sp³-hybridized carbons (Fsp3) is 0.143. The SMILES string of the molecule is COc1cc(Cl)cc(O)c1[N+](=O)[O-]. The number of phenols is 1. The highest BCUT2D eigenvalue weighted by atomic mass is 35.5. The van der Waals surface area contributed by atoms with Crippen molar-refractivity contribution in [3.8, 4) is 11.5 Å². The number of ether oxygens (including phenoxy) is 1. The van der Waals surface area contributed by atoms with Crippen LogP contribution in [0.25, 0.3) is 0 Å². The van der Waals surface area contributed by atoms with Gasteiger partial charge in [-0.05, 0) is 0 Å². The first-order chi connectivity index (χ1) is 6.06. The number of phenolic OH excluding ortho intramolecular Hbond substituents is 1. The summed E-state index contributed by atoms with van der Waals surface area (Å²) in [6, 6.07) is 2.35. The summed E-state index contributed by atoms with van der Waals surface area (Å²) in [5.41, 5.74) is -0.480. The average molecular weight is 204 g/mol. The molecule has 1 aromatic carbocycles. The first-order valence-electron chi connectivity index (χ1n) is 3.27. The molecular formula is C7H6ClNO4. The van der Waals surface area contributed by atoms with E-state index in [1.165, 1.54) is 13.2 Å². The van der Waals surface area contributed by atoms with Crippen molar-refractivity contribution >= 4 is 17.3 Å². The van der Waals surface area contributed by atoms with Gasteiger partial charge in [0.05, 0.1) is 12.0 Å². The predicted molar refractivity (Wildman–Crippen MR) is 46.3 cm³/mol. The predicted octanol–water partition coefficient (Wildman–Crippen LogP) is 1.96. The summed E-state index contributed by atoms with van der Waals surface area (Å²) < 4.78 is 4.68. The maximum absolute atomic E-state index is 10.4. The normalized spacial score (nSPS) is 9.69. The van der Waals surface area contributed by atoms with Gasteiger partial charge in [-0.1, -0.05) is 11.6 Å². The lowest BCUT2D eigenvalue weighted by atomic mass is 10.3. The van der Waals surface area contributed by atoms with E-state index in [0.717, 1.165) is 6.07 Å². The van der Waals surface area contributed by atoms with Gasteiger partial charge in [-0.15, -0.1) is 0 Å². The summed E-state index contributed by atoms with van der Waals surface area (Å²) in [7, 11) is 1.26. The second kappa shape index (κ2) is 3.49. The molecule has 0 aliphatic carbocycles. The summed E-state index contributed by atoms with van der Waals surface area (Å²) >= 11 is 5.54. The van der Waals surface area contributed by atoms with E-state index >= 15 is 0 Å². The molecule has 0 saturated carbocycles. The van der Waals surface area contributed by atoms with Crippen molar-refractivity contribution in [1.29, 1.82) is 0 Å². The number of hydrogen-bond acceptors (Lipinski definition) is 4. The molecule has 0 radical (unpaired) electrons. The van der Waals surface area contributed by atoms with Gasteiger partial charge in [0.25, 0.3) is 0 Å². The third kappa shape index (κ3) is 1.81. The molecule has 0 atom stereocenters. The Morgan fingerprint density at radius 1 is 1.62 bits per heavy atom. The number of hydrogen-bond donors (Lipinski definition) is 1. The van der Waals surface area contributed by atoms with Gasteiger partial charge in [-0.25, -0.2) is 0 Å². The van der Waals surface area contributed by atoms with Crippen molar-refractivity contribution in [3.63, 3.8) is 0 Å². The highest BCUT2D eigenvalue weighted by Crippen LogP contribution is 2.38. The second-order valence-electron chi connectivity index (χ2n) is 2.23. The molecule has 0 aromatic heterocycles. The highest BCUT2D eigenvalue weighted by Gasteiger charge is 2.21. The number of rotatable bonds is 2. The van der Waals surface area contributed by atoms with Crippen molar-refractivity contribution in [2.75, 3.05) is 7.11 Å². The molecule has 0 aliphatic rings. The fourth-order valence-corrected chi connectivity index (χ4v) is 1.10. The Labute approximate surface area is 78.7 Å². The molecule has 1 rings (SSSR count). The van der Waals surface area contributed by atoms with Gasteiger partial charge >= 0.3 is 5.69 Å². The molecule has 0 unspecified atom stereocenters. The zero-order chi connectivity index (χ0) is 10.0. The molecule has 5 nitrogen and oxygen atoms in total. The van der Waals surface area contributed by atoms with Crippen LogP contribution in [-0.2, 0) is 0 Å². The molecule has 0 bridgehead atoms. The zero-order valence-electron chi connectivity index (χ0n) is 6.65. The van der Waals surface area contributed by atoms with Crippen LogP contribution in [0.15, 0.2) is 12.1 Å². The molecule has 1 aromatic rings. The van der Waals surface area contributed by atoms with Gasteiger partial charge in [0.15, 0.2) is 5.75 Å². The minimum Gasteiger partial charge on any atom is -0.502 e. The van der Waals surface area contributed by atoms with Crippen molar-refractivity contribution in [2.24, 2.45) is 0 Å². The monoisotopic (exact) mass is 203 g/mol. The number of nitro groups is 1. The van der Waals surface area contributed by atoms with Gasteiger partial charge in [0, 0.05) is 17.2 Å². The van der Waals surface area contributed by atoms with Crippen LogP contribution in [0.5, 0.6) is 11.5 Å². The first-order valence-corrected chi connectivity index (χ1v) is 3.65. The van der Waals surface area contributed by atoms with Gasteiger partial charge < -0.3 is 9.84 Å². The van der Waals surface area contributed by atoms with Crippen LogP contribution < -0.4 is 4.74 Å². The minimum atomic E-state index is -0.732. The third-order valence-electron chi connectivity index (χ3n) is 1.42. The van der Waals surface area contributed by atoms with Crippen LogP contribution in [0, 0.1) is 10.1 Å². The Morgan fingerprint density at radius 3 is 2.69 bits per heavy atom. The van der Waals surface area contributed by atoms with E-state index in [2.05, 4.69) is 4.74 Å². The lowest BCUT2D eigenvalue weighted by Gasteiger charge is -2.03. The quantitative estimate of drug-likeness (QED) is 0.589. The Hall–Kier alpha value is -1.49. The first kappa shape index (κ1) is 9.60. The Balaban J connectivity index is 3.38. The van der Waals surface area contributed by atoms with Crippen LogP contribution in [0.4, 0.5) is 5.69 Å². The molecule has 6 heteroatoms. The Bertz CT molecular complexity index is 353. The number of nitro benzene ring substituents is 1. The van der Waals surface area contributed by atoms with E-state index in [0.29, 0.717) is 0 Å². The fourth-order valence-electron chi connectivity index (χ4n) is 0.900. The average Bonchev–Trinajstić information content (AvgIpc) is 2.01. The van der Waals surface area contributed by atoms with Crippen molar-refractivity contribution < 1.29 is 14.8 Å². The smallest absolute Gasteiger partial charge is 0.352 e. The molecule has 13 heavy (non-hydrogen) atoms. The van der Waals surface area contributed by atoms with E-state index in [-0.39, 0.29) is 10.8 Å². The number of nitrogens with zero attached hydrogens (tertiary/aromatic N) is 1. The molecule has 70 valence electrons. The van der Waals surface area contributed by atoms with E-state index in [9.17, 15) is 10.1 Å². The lowest BCUT2D eigenvalue weighted by Crippen LogP contribution is -1.93. The van der Waals surface area contributed by atoms with Gasteiger partial charge in [-0.2, -0.15) is 0 Å². The van der Waals surface area contributed by atoms with Gasteiger partial charge in [0.2, 0.25) is 5.75 Å². The summed E-state index contributed by atoms with van der Waals surface area (Å²) in [6.07, 6.45) is 0. The summed E-state index contributed by atoms with van der Waals surface area (Å²) in [6.45, 7) is 0. The highest BCUT2D eigenvalue weighted by molar-refractivity contribution is 6.31. The molecule has 0 spiro atoms. The van der Waals surface area contributed by atoms with Gasteiger partial charge in [-0.3, -0.25) is 10.1 Å². The summed E-state index contributed by atoms with van der Waals surface area (Å²) in [4.78, 5) is 9.70. The van der Waals surface area contributed by atoms with Gasteiger partial charge in [0.1, 0.15) is 0 Å². The van der Waals surface area contributed by atoms with Crippen LogP contribution in [0.1, 0.15) is 0 Å². The van der Waals surface area contributed by atoms with E-state index < -0.39 is 16.4 Å². The summed E-state index contributed by atoms with van der Waals surface area (Å²) in [5, 5.41) is 19.8. The molecule has 0 amide bonds. The molecule has 0 fully saturated rings. The molecule has 1 N–H and O–H groups in total. The van der Waals surface area contributed by atoms with Crippen LogP contribution in [0.2, 0.25) is 5.02 Å². The summed E-state index contributed by atoms with van der Waals surface area (Å²) in [5.74, 6) is -0.565. The Kier molecular flexibility index (Phi) is 2.57. The topological polar surface area (TPSA) is 72.6 Å². The number of aromatic hydroxyl groups is 1. The van der Waals surface area contributed by atoms with Crippen LogP contribution in [0.3, 0.4) is 0 Å². The number of benzene rings is 1. The van der Waals surface area contributed by atoms with E-state index in [4.69, 9.17) is 16.7 Å². The Morgan fingerprint density at radius 2 is 2.23 bits per heavy atom. The largest absolute Gasteiger partial charge is 0.502 e. The lowest BCUT2D eigenvalue weighted by molar-refractivity contribution is -0.386. The molecular weight excluding hydrogens is 198 g/mol.